The van der Waals surface area contributed by atoms with Gasteiger partial charge in [0.25, 0.3) is 0 Å². The molecule has 0 radical (unpaired) electrons. The molecule has 0 aliphatic heterocycles. The zero-order valence-electron chi connectivity index (χ0n) is 19.2. The van der Waals surface area contributed by atoms with E-state index in [-0.39, 0.29) is 0 Å². The summed E-state index contributed by atoms with van der Waals surface area (Å²) in [5.41, 5.74) is 8.66. The van der Waals surface area contributed by atoms with E-state index in [1.165, 1.54) is 0 Å². The van der Waals surface area contributed by atoms with Gasteiger partial charge in [0.2, 0.25) is 11.6 Å². The highest BCUT2D eigenvalue weighted by atomic mass is 15.2. The second-order valence-corrected chi connectivity index (χ2v) is 8.98. The summed E-state index contributed by atoms with van der Waals surface area (Å²) < 4.78 is 8.54. The van der Waals surface area contributed by atoms with Crippen molar-refractivity contribution < 1.29 is 0 Å². The van der Waals surface area contributed by atoms with E-state index in [0.29, 0.717) is 0 Å². The molecule has 0 saturated heterocycles. The van der Waals surface area contributed by atoms with E-state index in [0.717, 1.165) is 56.1 Å². The highest BCUT2D eigenvalue weighted by Gasteiger charge is 2.12. The molecule has 4 aromatic heterocycles. The van der Waals surface area contributed by atoms with Crippen LogP contribution in [0.4, 0.5) is 0 Å². The number of imidazole rings is 4. The third-order valence-corrected chi connectivity index (χ3v) is 6.90. The van der Waals surface area contributed by atoms with Crippen LogP contribution in [0, 0.1) is 0 Å². The lowest BCUT2D eigenvalue weighted by Crippen LogP contribution is -1.95. The fourth-order valence-electron chi connectivity index (χ4n) is 5.17. The minimum atomic E-state index is 0.906. The Morgan fingerprint density at radius 2 is 0.917 bits per heavy atom. The first-order chi connectivity index (χ1) is 17.8. The third-order valence-electron chi connectivity index (χ3n) is 6.90. The van der Waals surface area contributed by atoms with Gasteiger partial charge in [-0.25, -0.2) is 9.97 Å². The van der Waals surface area contributed by atoms with Crippen LogP contribution in [0.1, 0.15) is 0 Å². The zero-order valence-corrected chi connectivity index (χ0v) is 19.2. The minimum absolute atomic E-state index is 0.906. The number of rotatable bonds is 3. The van der Waals surface area contributed by atoms with Gasteiger partial charge >= 0.3 is 0 Å². The van der Waals surface area contributed by atoms with E-state index >= 15 is 0 Å². The van der Waals surface area contributed by atoms with E-state index in [1.807, 2.05) is 24.3 Å². The maximum Gasteiger partial charge on any atom is 0.219 e. The second-order valence-electron chi connectivity index (χ2n) is 8.98. The van der Waals surface area contributed by atoms with E-state index < -0.39 is 0 Å². The lowest BCUT2D eigenvalue weighted by molar-refractivity contribution is 1.08. The molecule has 36 heavy (non-hydrogen) atoms. The highest BCUT2D eigenvalue weighted by Crippen LogP contribution is 2.28. The zero-order chi connectivity index (χ0) is 23.6. The number of hydrogen-bond donors (Lipinski definition) is 0. The van der Waals surface area contributed by atoms with Crippen LogP contribution in [-0.2, 0) is 0 Å². The second kappa shape index (κ2) is 7.20. The van der Waals surface area contributed by atoms with Crippen LogP contribution >= 0.6 is 0 Å². The van der Waals surface area contributed by atoms with Gasteiger partial charge in [-0.1, -0.05) is 48.5 Å². The minimum Gasteiger partial charge on any atom is -0.286 e. The Kier molecular flexibility index (Phi) is 3.85. The molecule has 6 heteroatoms. The molecule has 0 N–H and O–H groups in total. The predicted molar refractivity (Wildman–Crippen MR) is 143 cm³/mol. The average Bonchev–Trinajstić information content (AvgIpc) is 3.69. The van der Waals surface area contributed by atoms with Crippen molar-refractivity contribution in [1.82, 2.24) is 27.9 Å². The van der Waals surface area contributed by atoms with Crippen LogP contribution in [0.3, 0.4) is 0 Å². The monoisotopic (exact) mass is 464 g/mol. The molecule has 4 heterocycles. The molecule has 170 valence electrons. The smallest absolute Gasteiger partial charge is 0.219 e. The quantitative estimate of drug-likeness (QED) is 0.298. The van der Waals surface area contributed by atoms with Crippen molar-refractivity contribution in [3.8, 4) is 22.5 Å². The number of nitrogens with zero attached hydrogens (tertiary/aromatic N) is 6. The van der Waals surface area contributed by atoms with Gasteiger partial charge in [0.05, 0.1) is 22.1 Å². The summed E-state index contributed by atoms with van der Waals surface area (Å²) in [4.78, 5) is 9.72. The first-order valence-electron chi connectivity index (χ1n) is 11.9. The van der Waals surface area contributed by atoms with Crippen molar-refractivity contribution >= 4 is 33.6 Å². The topological polar surface area (TPSA) is 44.5 Å². The van der Waals surface area contributed by atoms with Gasteiger partial charge in [-0.15, -0.1) is 0 Å². The lowest BCUT2D eigenvalue weighted by atomic mass is 10.0. The van der Waals surface area contributed by atoms with Gasteiger partial charge in [0.1, 0.15) is 0 Å². The van der Waals surface area contributed by atoms with Crippen molar-refractivity contribution in [1.29, 1.82) is 0 Å². The third kappa shape index (κ3) is 2.72. The van der Waals surface area contributed by atoms with Crippen molar-refractivity contribution in [3.63, 3.8) is 0 Å². The predicted octanol–water partition coefficient (Wildman–Crippen LogP) is 6.54. The highest BCUT2D eigenvalue weighted by molar-refractivity contribution is 5.81. The molecule has 0 fully saturated rings. The fourth-order valence-corrected chi connectivity index (χ4v) is 5.17. The molecular formula is C30H20N6. The van der Waals surface area contributed by atoms with E-state index in [9.17, 15) is 0 Å². The summed E-state index contributed by atoms with van der Waals surface area (Å²) in [5, 5.41) is 0. The Morgan fingerprint density at radius 1 is 0.444 bits per heavy atom. The molecular weight excluding hydrogens is 444 g/mol. The maximum absolute atomic E-state index is 4.86. The molecule has 0 unspecified atom stereocenters. The Balaban J connectivity index is 1.23. The van der Waals surface area contributed by atoms with Crippen molar-refractivity contribution in [3.05, 3.63) is 122 Å². The first kappa shape index (κ1) is 19.2. The maximum atomic E-state index is 4.86. The molecule has 8 rings (SSSR count). The molecule has 0 amide bonds. The van der Waals surface area contributed by atoms with Crippen molar-refractivity contribution in [2.45, 2.75) is 0 Å². The van der Waals surface area contributed by atoms with E-state index in [1.54, 1.807) is 0 Å². The largest absolute Gasteiger partial charge is 0.286 e. The molecule has 6 nitrogen and oxygen atoms in total. The summed E-state index contributed by atoms with van der Waals surface area (Å²) in [6.45, 7) is 0. The Bertz CT molecular complexity index is 1920. The van der Waals surface area contributed by atoms with Crippen molar-refractivity contribution in [2.24, 2.45) is 0 Å². The summed E-state index contributed by atoms with van der Waals surface area (Å²) in [7, 11) is 0. The Labute approximate surface area is 205 Å². The molecule has 0 atom stereocenters. The standard InChI is InChI=1S/C30H20N6/c1-3-13-27-25(11-1)31-29-33(15-17-35(27)29)23-9-5-7-21(19-23)22-8-6-10-24(20-22)34-16-18-36-28-14-4-2-12-26(28)32-30(34)36/h1-20H. The van der Waals surface area contributed by atoms with Crippen LogP contribution in [0.2, 0.25) is 0 Å². The Morgan fingerprint density at radius 3 is 1.42 bits per heavy atom. The van der Waals surface area contributed by atoms with Crippen LogP contribution in [0.25, 0.3) is 56.1 Å². The molecule has 0 aliphatic carbocycles. The summed E-state index contributed by atoms with van der Waals surface area (Å²) >= 11 is 0. The van der Waals surface area contributed by atoms with E-state index in [2.05, 4.69) is 116 Å². The van der Waals surface area contributed by atoms with Crippen molar-refractivity contribution in [2.75, 3.05) is 0 Å². The summed E-state index contributed by atoms with van der Waals surface area (Å²) in [5.74, 6) is 1.81. The first-order valence-corrected chi connectivity index (χ1v) is 11.9. The molecule has 0 bridgehead atoms. The molecule has 0 saturated carbocycles. The molecule has 0 aliphatic rings. The Hall–Kier alpha value is -5.10. The summed E-state index contributed by atoms with van der Waals surface area (Å²) in [6, 6.07) is 33.6. The lowest BCUT2D eigenvalue weighted by Gasteiger charge is -2.09. The van der Waals surface area contributed by atoms with Gasteiger partial charge in [-0.05, 0) is 59.7 Å². The number of para-hydroxylation sites is 4. The average molecular weight is 465 g/mol. The van der Waals surface area contributed by atoms with Gasteiger partial charge in [0, 0.05) is 36.2 Å². The van der Waals surface area contributed by atoms with Crippen LogP contribution in [0.15, 0.2) is 122 Å². The summed E-state index contributed by atoms with van der Waals surface area (Å²) in [6.07, 6.45) is 8.29. The van der Waals surface area contributed by atoms with Gasteiger partial charge in [0.15, 0.2) is 0 Å². The van der Waals surface area contributed by atoms with Crippen LogP contribution < -0.4 is 0 Å². The van der Waals surface area contributed by atoms with E-state index in [4.69, 9.17) is 9.97 Å². The SMILES string of the molecule is c1cc(-c2cccc(-n3ccn4c5ccccc5nc34)c2)cc(-n2ccn3c4ccccc4nc23)c1. The fraction of sp³-hybridized carbons (Fsp3) is 0. The molecule has 0 spiro atoms. The normalized spacial score (nSPS) is 11.9. The van der Waals surface area contributed by atoms with Crippen LogP contribution in [-0.4, -0.2) is 27.9 Å². The number of aromatic nitrogens is 6. The molecule has 8 aromatic rings. The van der Waals surface area contributed by atoms with Crippen LogP contribution in [0.5, 0.6) is 0 Å². The molecule has 4 aromatic carbocycles. The number of benzene rings is 4. The van der Waals surface area contributed by atoms with Gasteiger partial charge in [-0.2, -0.15) is 0 Å². The van der Waals surface area contributed by atoms with Gasteiger partial charge < -0.3 is 0 Å². The number of fused-ring (bicyclic) bond motifs is 6. The number of hydrogen-bond acceptors (Lipinski definition) is 2. The van der Waals surface area contributed by atoms with Gasteiger partial charge in [-0.3, -0.25) is 17.9 Å².